The molecule has 0 fully saturated rings. The van der Waals surface area contributed by atoms with E-state index in [1.54, 1.807) is 48.7 Å². The van der Waals surface area contributed by atoms with Crippen LogP contribution in [0.25, 0.3) is 6.08 Å². The third-order valence-corrected chi connectivity index (χ3v) is 2.89. The lowest BCUT2D eigenvalue weighted by atomic mass is 10.1. The Hall–Kier alpha value is -2.95. The van der Waals surface area contributed by atoms with Crippen molar-refractivity contribution in [3.8, 4) is 5.75 Å². The van der Waals surface area contributed by atoms with Crippen molar-refractivity contribution < 1.29 is 19.4 Å². The molecule has 0 aliphatic rings. The molecular formula is C17H15NO4. The summed E-state index contributed by atoms with van der Waals surface area (Å²) in [5.74, 6) is -0.753. The average molecular weight is 297 g/mol. The summed E-state index contributed by atoms with van der Waals surface area (Å²) < 4.78 is 5.28. The van der Waals surface area contributed by atoms with E-state index in [9.17, 15) is 9.59 Å². The number of carbonyl (C=O) groups is 2. The van der Waals surface area contributed by atoms with Crippen molar-refractivity contribution in [1.29, 1.82) is 0 Å². The number of nitrogens with zero attached hydrogens (tertiary/aromatic N) is 1. The fourth-order valence-corrected chi connectivity index (χ4v) is 1.72. The summed E-state index contributed by atoms with van der Waals surface area (Å²) in [5.41, 5.74) is 1.25. The number of pyridine rings is 1. The number of aromatic nitrogens is 1. The molecule has 1 aromatic carbocycles. The van der Waals surface area contributed by atoms with Gasteiger partial charge in [0.15, 0.2) is 11.9 Å². The number of ketones is 1. The monoisotopic (exact) mass is 297 g/mol. The fourth-order valence-electron chi connectivity index (χ4n) is 1.72. The summed E-state index contributed by atoms with van der Waals surface area (Å²) in [5, 5.41) is 8.83. The average Bonchev–Trinajstić information content (AvgIpc) is 2.53. The molecule has 0 radical (unpaired) electrons. The van der Waals surface area contributed by atoms with E-state index in [1.807, 2.05) is 0 Å². The minimum atomic E-state index is -1.03. The number of benzene rings is 1. The third-order valence-electron chi connectivity index (χ3n) is 2.89. The molecule has 5 heteroatoms. The number of carboxylic acids is 1. The molecule has 2 aromatic rings. The number of hydrogen-bond donors (Lipinski definition) is 1. The number of aliphatic carboxylic acids is 1. The first-order valence-corrected chi connectivity index (χ1v) is 6.68. The normalized spacial score (nSPS) is 12.0. The van der Waals surface area contributed by atoms with E-state index in [0.29, 0.717) is 11.3 Å². The maximum Gasteiger partial charge on any atom is 0.344 e. The summed E-state index contributed by atoms with van der Waals surface area (Å²) in [4.78, 5) is 26.6. The molecule has 22 heavy (non-hydrogen) atoms. The molecule has 5 nitrogen and oxygen atoms in total. The molecule has 112 valence electrons. The predicted molar refractivity (Wildman–Crippen MR) is 81.8 cm³/mol. The van der Waals surface area contributed by atoms with Gasteiger partial charge in [0, 0.05) is 18.0 Å². The van der Waals surface area contributed by atoms with Gasteiger partial charge in [0.1, 0.15) is 5.75 Å². The number of allylic oxidation sites excluding steroid dienone is 1. The van der Waals surface area contributed by atoms with Gasteiger partial charge >= 0.3 is 5.97 Å². The molecule has 0 spiro atoms. The summed E-state index contributed by atoms with van der Waals surface area (Å²) >= 11 is 0. The molecule has 1 N–H and O–H groups in total. The Labute approximate surface area is 127 Å². The molecular weight excluding hydrogens is 282 g/mol. The quantitative estimate of drug-likeness (QED) is 0.655. The van der Waals surface area contributed by atoms with Gasteiger partial charge < -0.3 is 9.84 Å². The van der Waals surface area contributed by atoms with E-state index in [-0.39, 0.29) is 5.78 Å². The van der Waals surface area contributed by atoms with Crippen LogP contribution in [-0.4, -0.2) is 27.9 Å². The van der Waals surface area contributed by atoms with Crippen LogP contribution in [0.2, 0.25) is 0 Å². The van der Waals surface area contributed by atoms with Gasteiger partial charge in [-0.1, -0.05) is 18.2 Å². The van der Waals surface area contributed by atoms with E-state index in [1.165, 1.54) is 19.2 Å². The zero-order valence-electron chi connectivity index (χ0n) is 12.0. The molecule has 1 aromatic heterocycles. The van der Waals surface area contributed by atoms with Crippen LogP contribution < -0.4 is 4.74 Å². The molecule has 0 saturated heterocycles. The van der Waals surface area contributed by atoms with Crippen molar-refractivity contribution in [3.63, 3.8) is 0 Å². The van der Waals surface area contributed by atoms with Gasteiger partial charge in [-0.15, -0.1) is 0 Å². The third kappa shape index (κ3) is 4.28. The zero-order chi connectivity index (χ0) is 15.9. The van der Waals surface area contributed by atoms with Crippen molar-refractivity contribution in [2.24, 2.45) is 0 Å². The Morgan fingerprint density at radius 3 is 2.77 bits per heavy atom. The summed E-state index contributed by atoms with van der Waals surface area (Å²) in [6, 6.07) is 10.3. The fraction of sp³-hybridized carbons (Fsp3) is 0.118. The van der Waals surface area contributed by atoms with Crippen molar-refractivity contribution in [2.45, 2.75) is 13.0 Å². The Morgan fingerprint density at radius 2 is 2.09 bits per heavy atom. The van der Waals surface area contributed by atoms with Gasteiger partial charge in [0.05, 0.1) is 0 Å². The second-order valence-corrected chi connectivity index (χ2v) is 4.61. The van der Waals surface area contributed by atoms with Crippen LogP contribution in [0.1, 0.15) is 22.8 Å². The van der Waals surface area contributed by atoms with Gasteiger partial charge in [0.2, 0.25) is 0 Å². The van der Waals surface area contributed by atoms with E-state index in [0.717, 1.165) is 5.56 Å². The molecule has 0 bridgehead atoms. The lowest BCUT2D eigenvalue weighted by Gasteiger charge is -2.10. The first kappa shape index (κ1) is 15.4. The summed E-state index contributed by atoms with van der Waals surface area (Å²) in [6.07, 6.45) is 5.26. The van der Waals surface area contributed by atoms with Gasteiger partial charge in [0.25, 0.3) is 0 Å². The molecule has 0 saturated carbocycles. The first-order valence-electron chi connectivity index (χ1n) is 6.68. The largest absolute Gasteiger partial charge is 0.479 e. The number of carboxylic acid groups (broad SMARTS) is 1. The number of hydrogen-bond acceptors (Lipinski definition) is 4. The van der Waals surface area contributed by atoms with Crippen molar-refractivity contribution >= 4 is 17.8 Å². The minimum Gasteiger partial charge on any atom is -0.479 e. The molecule has 1 unspecified atom stereocenters. The number of ether oxygens (including phenoxy) is 1. The Bertz CT molecular complexity index is 695. The van der Waals surface area contributed by atoms with E-state index >= 15 is 0 Å². The Morgan fingerprint density at radius 1 is 1.27 bits per heavy atom. The van der Waals surface area contributed by atoms with Crippen LogP contribution in [0, 0.1) is 0 Å². The highest BCUT2D eigenvalue weighted by atomic mass is 16.5. The maximum atomic E-state index is 11.9. The molecule has 1 heterocycles. The smallest absolute Gasteiger partial charge is 0.344 e. The summed E-state index contributed by atoms with van der Waals surface area (Å²) in [6.45, 7) is 1.46. The van der Waals surface area contributed by atoms with Crippen LogP contribution in [0.3, 0.4) is 0 Å². The Kier molecular flexibility index (Phi) is 5.03. The molecule has 0 aliphatic heterocycles. The molecule has 1 atom stereocenters. The van der Waals surface area contributed by atoms with Gasteiger partial charge in [-0.2, -0.15) is 0 Å². The highest BCUT2D eigenvalue weighted by molar-refractivity contribution is 6.06. The number of carbonyl (C=O) groups excluding carboxylic acids is 1. The Balaban J connectivity index is 2.08. The van der Waals surface area contributed by atoms with Crippen LogP contribution in [-0.2, 0) is 4.79 Å². The summed E-state index contributed by atoms with van der Waals surface area (Å²) in [7, 11) is 0. The second-order valence-electron chi connectivity index (χ2n) is 4.61. The highest BCUT2D eigenvalue weighted by Gasteiger charge is 2.12. The van der Waals surface area contributed by atoms with Gasteiger partial charge in [-0.25, -0.2) is 4.79 Å². The van der Waals surface area contributed by atoms with Crippen molar-refractivity contribution in [3.05, 3.63) is 66.0 Å². The van der Waals surface area contributed by atoms with Gasteiger partial charge in [-0.3, -0.25) is 9.78 Å². The highest BCUT2D eigenvalue weighted by Crippen LogP contribution is 2.16. The van der Waals surface area contributed by atoms with Gasteiger partial charge in [-0.05, 0) is 42.8 Å². The van der Waals surface area contributed by atoms with Crippen LogP contribution in [0.15, 0.2) is 54.9 Å². The number of rotatable bonds is 6. The zero-order valence-corrected chi connectivity index (χ0v) is 12.0. The van der Waals surface area contributed by atoms with E-state index < -0.39 is 12.1 Å². The van der Waals surface area contributed by atoms with Crippen LogP contribution >= 0.6 is 0 Å². The standard InChI is InChI=1S/C17H15NO4/c1-12(17(20)21)22-15-6-2-4-13(10-15)7-8-16(19)14-5-3-9-18-11-14/h2-12H,1H3,(H,20,21)/b8-7+. The molecule has 0 amide bonds. The SMILES string of the molecule is CC(Oc1cccc(/C=C/C(=O)c2cccnc2)c1)C(=O)O. The second kappa shape index (κ2) is 7.17. The lowest BCUT2D eigenvalue weighted by Crippen LogP contribution is -2.22. The predicted octanol–water partition coefficient (Wildman–Crippen LogP) is 2.83. The molecule has 0 aliphatic carbocycles. The maximum absolute atomic E-state index is 11.9. The van der Waals surface area contributed by atoms with Crippen molar-refractivity contribution in [1.82, 2.24) is 4.98 Å². The van der Waals surface area contributed by atoms with E-state index in [4.69, 9.17) is 9.84 Å². The minimum absolute atomic E-state index is 0.154. The van der Waals surface area contributed by atoms with Crippen molar-refractivity contribution in [2.75, 3.05) is 0 Å². The lowest BCUT2D eigenvalue weighted by molar-refractivity contribution is -0.144. The van der Waals surface area contributed by atoms with E-state index in [2.05, 4.69) is 4.98 Å². The topological polar surface area (TPSA) is 76.5 Å². The molecule has 2 rings (SSSR count). The van der Waals surface area contributed by atoms with Crippen LogP contribution in [0.5, 0.6) is 5.75 Å². The van der Waals surface area contributed by atoms with Crippen LogP contribution in [0.4, 0.5) is 0 Å². The first-order chi connectivity index (χ1) is 10.6.